The third-order valence-electron chi connectivity index (χ3n) is 5.36. The van der Waals surface area contributed by atoms with Crippen LogP contribution >= 0.6 is 23.2 Å². The maximum atomic E-state index is 13.1. The summed E-state index contributed by atoms with van der Waals surface area (Å²) >= 11 is 11.9. The molecule has 1 atom stereocenters. The Morgan fingerprint density at radius 2 is 1.42 bits per heavy atom. The Balaban J connectivity index is 1.55. The normalized spacial score (nSPS) is 11.8. The number of nitrogens with zero attached hydrogens (tertiary/aromatic N) is 1. The van der Waals surface area contributed by atoms with E-state index in [1.54, 1.807) is 24.3 Å². The van der Waals surface area contributed by atoms with Gasteiger partial charge >= 0.3 is 0 Å². The van der Waals surface area contributed by atoms with E-state index in [4.69, 9.17) is 23.2 Å². The summed E-state index contributed by atoms with van der Waals surface area (Å²) in [5, 5.41) is 13.1. The molecule has 1 unspecified atom stereocenters. The molecular weight excluding hydrogens is 517 g/mol. The third kappa shape index (κ3) is 5.86. The van der Waals surface area contributed by atoms with Gasteiger partial charge in [-0.15, -0.1) is 0 Å². The molecule has 0 aliphatic heterocycles. The Labute approximate surface area is 219 Å². The highest BCUT2D eigenvalue weighted by Gasteiger charge is 2.20. The number of halogens is 2. The number of anilines is 2. The maximum absolute atomic E-state index is 13.1. The first kappa shape index (κ1) is 25.3. The lowest BCUT2D eigenvalue weighted by Gasteiger charge is -2.14. The number of hydrogen-bond acceptors (Lipinski definition) is 4. The lowest BCUT2D eigenvalue weighted by molar-refractivity contribution is 0.102. The van der Waals surface area contributed by atoms with E-state index in [0.717, 1.165) is 11.1 Å². The number of nitrogens with one attached hydrogen (secondary N) is 2. The first-order valence-electron chi connectivity index (χ1n) is 10.7. The highest BCUT2D eigenvalue weighted by Crippen LogP contribution is 2.27. The average molecular weight is 536 g/mol. The van der Waals surface area contributed by atoms with Crippen LogP contribution in [0, 0.1) is 11.3 Å². The molecule has 0 aliphatic rings. The molecule has 0 bridgehead atoms. The van der Waals surface area contributed by atoms with Crippen LogP contribution in [-0.4, -0.2) is 14.3 Å². The summed E-state index contributed by atoms with van der Waals surface area (Å²) in [6.45, 7) is 0. The quantitative estimate of drug-likeness (QED) is 0.275. The number of benzene rings is 4. The van der Waals surface area contributed by atoms with E-state index in [1.807, 2.05) is 30.3 Å². The molecule has 0 saturated heterocycles. The largest absolute Gasteiger partial charge is 0.322 e. The number of nitriles is 1. The van der Waals surface area contributed by atoms with Crippen molar-refractivity contribution in [2.45, 2.75) is 10.8 Å². The highest BCUT2D eigenvalue weighted by atomic mass is 35.5. The van der Waals surface area contributed by atoms with E-state index in [2.05, 4.69) is 16.1 Å². The summed E-state index contributed by atoms with van der Waals surface area (Å²) in [4.78, 5) is 13.1. The van der Waals surface area contributed by atoms with Crippen LogP contribution in [0.3, 0.4) is 0 Å². The van der Waals surface area contributed by atoms with Crippen LogP contribution in [0.25, 0.3) is 0 Å². The van der Waals surface area contributed by atoms with Gasteiger partial charge in [-0.1, -0.05) is 65.7 Å². The van der Waals surface area contributed by atoms with Gasteiger partial charge in [0.25, 0.3) is 15.9 Å². The summed E-state index contributed by atoms with van der Waals surface area (Å²) in [6.07, 6.45) is 0. The van der Waals surface area contributed by atoms with Crippen LogP contribution in [0.4, 0.5) is 11.4 Å². The van der Waals surface area contributed by atoms with Crippen molar-refractivity contribution in [2.75, 3.05) is 10.0 Å². The molecule has 0 aliphatic carbocycles. The van der Waals surface area contributed by atoms with E-state index in [9.17, 15) is 18.5 Å². The topological polar surface area (TPSA) is 99.1 Å². The Bertz CT molecular complexity index is 1530. The molecular formula is C27H19Cl2N3O3S. The second-order valence-electron chi connectivity index (χ2n) is 7.80. The molecule has 9 heteroatoms. The van der Waals surface area contributed by atoms with Gasteiger partial charge in [0.2, 0.25) is 0 Å². The zero-order chi connectivity index (χ0) is 25.7. The van der Waals surface area contributed by atoms with Gasteiger partial charge in [0.1, 0.15) is 0 Å². The molecule has 0 saturated carbocycles. The molecule has 0 aromatic heterocycles. The van der Waals surface area contributed by atoms with Crippen molar-refractivity contribution in [1.29, 1.82) is 5.26 Å². The second-order valence-corrected chi connectivity index (χ2v) is 10.4. The Hall–Kier alpha value is -3.83. The smallest absolute Gasteiger partial charge is 0.261 e. The maximum Gasteiger partial charge on any atom is 0.261 e. The third-order valence-corrected chi connectivity index (χ3v) is 7.23. The molecule has 0 radical (unpaired) electrons. The SMILES string of the molecule is N#CC(c1ccccc1)c1ccc(NC(=O)c2cc(Cl)ccc2NS(=O)(=O)c2ccc(Cl)cc2)cc1. The van der Waals surface area contributed by atoms with Gasteiger partial charge in [0.05, 0.1) is 28.1 Å². The fraction of sp³-hybridized carbons (Fsp3) is 0.0370. The van der Waals surface area contributed by atoms with Crippen molar-refractivity contribution in [3.05, 3.63) is 124 Å². The number of amides is 1. The zero-order valence-electron chi connectivity index (χ0n) is 18.7. The lowest BCUT2D eigenvalue weighted by Crippen LogP contribution is -2.18. The van der Waals surface area contributed by atoms with Gasteiger partial charge in [0.15, 0.2) is 0 Å². The van der Waals surface area contributed by atoms with E-state index < -0.39 is 21.8 Å². The molecule has 4 aromatic carbocycles. The molecule has 0 heterocycles. The Kier molecular flexibility index (Phi) is 7.61. The molecule has 180 valence electrons. The molecule has 2 N–H and O–H groups in total. The second kappa shape index (κ2) is 10.8. The molecule has 0 fully saturated rings. The van der Waals surface area contributed by atoms with Gasteiger partial charge in [0, 0.05) is 15.7 Å². The minimum Gasteiger partial charge on any atom is -0.322 e. The van der Waals surface area contributed by atoms with E-state index in [0.29, 0.717) is 10.7 Å². The predicted octanol–water partition coefficient (Wildman–Crippen LogP) is 6.70. The summed E-state index contributed by atoms with van der Waals surface area (Å²) in [7, 11) is -3.98. The van der Waals surface area contributed by atoms with Crippen LogP contribution in [0.5, 0.6) is 0 Å². The molecule has 36 heavy (non-hydrogen) atoms. The van der Waals surface area contributed by atoms with Crippen LogP contribution in [0.1, 0.15) is 27.4 Å². The minimum absolute atomic E-state index is 0.00531. The Morgan fingerprint density at radius 3 is 2.06 bits per heavy atom. The number of rotatable bonds is 7. The predicted molar refractivity (Wildman–Crippen MR) is 142 cm³/mol. The Morgan fingerprint density at radius 1 is 0.806 bits per heavy atom. The molecule has 6 nitrogen and oxygen atoms in total. The van der Waals surface area contributed by atoms with E-state index in [1.165, 1.54) is 42.5 Å². The van der Waals surface area contributed by atoms with Crippen molar-refractivity contribution in [1.82, 2.24) is 0 Å². The van der Waals surface area contributed by atoms with Gasteiger partial charge in [-0.05, 0) is 65.7 Å². The van der Waals surface area contributed by atoms with Crippen molar-refractivity contribution < 1.29 is 13.2 Å². The van der Waals surface area contributed by atoms with Crippen molar-refractivity contribution >= 4 is 50.5 Å². The van der Waals surface area contributed by atoms with Crippen molar-refractivity contribution in [3.63, 3.8) is 0 Å². The van der Waals surface area contributed by atoms with Crippen LogP contribution in [-0.2, 0) is 10.0 Å². The van der Waals surface area contributed by atoms with E-state index in [-0.39, 0.29) is 21.2 Å². The minimum atomic E-state index is -3.98. The first-order chi connectivity index (χ1) is 17.3. The van der Waals surface area contributed by atoms with Crippen molar-refractivity contribution in [3.8, 4) is 6.07 Å². The summed E-state index contributed by atoms with van der Waals surface area (Å²) < 4.78 is 28.1. The standard InChI is InChI=1S/C27H19Cl2N3O3S/c28-20-8-13-23(14-9-20)36(34,35)32-26-15-10-21(29)16-24(26)27(33)31-22-11-6-19(7-12-22)25(17-30)18-4-2-1-3-5-18/h1-16,25,32H,(H,31,33). The fourth-order valence-corrected chi connectivity index (χ4v) is 4.93. The lowest BCUT2D eigenvalue weighted by atomic mass is 9.92. The van der Waals surface area contributed by atoms with Crippen LogP contribution < -0.4 is 10.0 Å². The van der Waals surface area contributed by atoms with Gasteiger partial charge in [-0.2, -0.15) is 5.26 Å². The van der Waals surface area contributed by atoms with Crippen LogP contribution in [0.2, 0.25) is 10.0 Å². The fourth-order valence-electron chi connectivity index (χ4n) is 3.56. The van der Waals surface area contributed by atoms with E-state index >= 15 is 0 Å². The van der Waals surface area contributed by atoms with Gasteiger partial charge in [-0.3, -0.25) is 9.52 Å². The molecule has 1 amide bonds. The average Bonchev–Trinajstić information content (AvgIpc) is 2.87. The van der Waals surface area contributed by atoms with Gasteiger partial charge in [-0.25, -0.2) is 8.42 Å². The molecule has 0 spiro atoms. The zero-order valence-corrected chi connectivity index (χ0v) is 21.0. The number of carbonyl (C=O) groups excluding carboxylic acids is 1. The van der Waals surface area contributed by atoms with Crippen molar-refractivity contribution in [2.24, 2.45) is 0 Å². The summed E-state index contributed by atoms with van der Waals surface area (Å²) in [6, 6.07) is 28.5. The molecule has 4 rings (SSSR count). The monoisotopic (exact) mass is 535 g/mol. The molecule has 4 aromatic rings. The van der Waals surface area contributed by atoms with Gasteiger partial charge < -0.3 is 5.32 Å². The number of sulfonamides is 1. The summed E-state index contributed by atoms with van der Waals surface area (Å²) in [5.41, 5.74) is 2.23. The highest BCUT2D eigenvalue weighted by molar-refractivity contribution is 7.92. The number of hydrogen-bond donors (Lipinski definition) is 2. The first-order valence-corrected chi connectivity index (χ1v) is 12.9. The van der Waals surface area contributed by atoms with Crippen LogP contribution in [0.15, 0.2) is 102 Å². The summed E-state index contributed by atoms with van der Waals surface area (Å²) in [5.74, 6) is -1.00. The number of carbonyl (C=O) groups is 1.